The van der Waals surface area contributed by atoms with E-state index >= 15 is 0 Å². The summed E-state index contributed by atoms with van der Waals surface area (Å²) in [5.74, 6) is -0.260. The van der Waals surface area contributed by atoms with Gasteiger partial charge in [-0.05, 0) is 6.92 Å². The highest BCUT2D eigenvalue weighted by atomic mass is 32.1. The molecule has 0 aliphatic heterocycles. The van der Waals surface area contributed by atoms with Gasteiger partial charge in [0.2, 0.25) is 0 Å². The van der Waals surface area contributed by atoms with Crippen molar-refractivity contribution in [2.75, 3.05) is 5.32 Å². The Bertz CT molecular complexity index is 532. The molecule has 2 aromatic rings. The molecule has 17 heavy (non-hydrogen) atoms. The fraction of sp³-hybridized carbons (Fsp3) is 0.300. The van der Waals surface area contributed by atoms with E-state index < -0.39 is 6.10 Å². The van der Waals surface area contributed by atoms with Crippen LogP contribution in [0.2, 0.25) is 0 Å². The summed E-state index contributed by atoms with van der Waals surface area (Å²) in [5.41, 5.74) is 1.03. The highest BCUT2D eigenvalue weighted by Crippen LogP contribution is 2.20. The van der Waals surface area contributed by atoms with Crippen molar-refractivity contribution in [3.63, 3.8) is 0 Å². The van der Waals surface area contributed by atoms with Gasteiger partial charge >= 0.3 is 0 Å². The summed E-state index contributed by atoms with van der Waals surface area (Å²) in [4.78, 5) is 15.8. The summed E-state index contributed by atoms with van der Waals surface area (Å²) in [6.45, 7) is 1.63. The summed E-state index contributed by atoms with van der Waals surface area (Å²) in [6, 6.07) is 0. The first-order valence-corrected chi connectivity index (χ1v) is 5.87. The zero-order valence-electron chi connectivity index (χ0n) is 9.41. The molecule has 0 saturated carbocycles. The summed E-state index contributed by atoms with van der Waals surface area (Å²) < 4.78 is 1.55. The zero-order valence-corrected chi connectivity index (χ0v) is 10.2. The minimum atomic E-state index is -0.629. The maximum absolute atomic E-state index is 11.7. The van der Waals surface area contributed by atoms with Crippen molar-refractivity contribution in [1.82, 2.24) is 14.8 Å². The number of nitrogens with zero attached hydrogens (tertiary/aromatic N) is 3. The van der Waals surface area contributed by atoms with E-state index in [1.54, 1.807) is 30.2 Å². The Balaban J connectivity index is 2.07. The van der Waals surface area contributed by atoms with Crippen molar-refractivity contribution in [2.45, 2.75) is 13.0 Å². The minimum Gasteiger partial charge on any atom is -0.387 e. The highest BCUT2D eigenvalue weighted by Gasteiger charge is 2.12. The lowest BCUT2D eigenvalue weighted by molar-refractivity contribution is 0.102. The maximum atomic E-state index is 11.7. The number of anilines is 1. The molecule has 90 valence electrons. The van der Waals surface area contributed by atoms with Gasteiger partial charge in [0.1, 0.15) is 0 Å². The molecule has 1 amide bonds. The molecule has 2 N–H and O–H groups in total. The van der Waals surface area contributed by atoms with Crippen LogP contribution in [0.1, 0.15) is 29.1 Å². The molecule has 0 aliphatic rings. The van der Waals surface area contributed by atoms with E-state index in [1.807, 2.05) is 0 Å². The third-order valence-electron chi connectivity index (χ3n) is 2.14. The number of aryl methyl sites for hydroxylation is 1. The monoisotopic (exact) mass is 252 g/mol. The Morgan fingerprint density at radius 2 is 2.41 bits per heavy atom. The van der Waals surface area contributed by atoms with Crippen LogP contribution in [0.25, 0.3) is 0 Å². The fourth-order valence-electron chi connectivity index (χ4n) is 1.24. The Morgan fingerprint density at radius 1 is 1.65 bits per heavy atom. The van der Waals surface area contributed by atoms with Gasteiger partial charge in [0.05, 0.1) is 23.6 Å². The minimum absolute atomic E-state index is 0.260. The van der Waals surface area contributed by atoms with E-state index in [1.165, 1.54) is 17.5 Å². The number of aliphatic hydroxyl groups excluding tert-OH is 1. The van der Waals surface area contributed by atoms with Gasteiger partial charge < -0.3 is 5.11 Å². The molecule has 0 saturated heterocycles. The number of carbonyl (C=O) groups excluding carboxylic acids is 1. The predicted molar refractivity (Wildman–Crippen MR) is 63.9 cm³/mol. The van der Waals surface area contributed by atoms with Gasteiger partial charge in [0.15, 0.2) is 5.13 Å². The second kappa shape index (κ2) is 4.64. The Labute approximate surface area is 102 Å². The first-order chi connectivity index (χ1) is 8.06. The molecule has 0 aliphatic carbocycles. The topological polar surface area (TPSA) is 80.0 Å². The molecule has 0 spiro atoms. The quantitative estimate of drug-likeness (QED) is 0.859. The Hall–Kier alpha value is -1.73. The van der Waals surface area contributed by atoms with Gasteiger partial charge in [-0.15, -0.1) is 11.3 Å². The van der Waals surface area contributed by atoms with Gasteiger partial charge in [0.25, 0.3) is 5.91 Å². The molecule has 1 unspecified atom stereocenters. The van der Waals surface area contributed by atoms with E-state index in [0.717, 1.165) is 0 Å². The van der Waals surface area contributed by atoms with Crippen molar-refractivity contribution in [3.05, 3.63) is 29.0 Å². The molecule has 0 fully saturated rings. The lowest BCUT2D eigenvalue weighted by Gasteiger charge is -1.99. The largest absolute Gasteiger partial charge is 0.387 e. The van der Waals surface area contributed by atoms with Crippen LogP contribution in [0.5, 0.6) is 0 Å². The number of hydrogen-bond acceptors (Lipinski definition) is 5. The van der Waals surface area contributed by atoms with Gasteiger partial charge in [-0.3, -0.25) is 14.8 Å². The van der Waals surface area contributed by atoms with Crippen LogP contribution < -0.4 is 5.32 Å². The van der Waals surface area contributed by atoms with Crippen molar-refractivity contribution in [1.29, 1.82) is 0 Å². The van der Waals surface area contributed by atoms with Crippen LogP contribution in [-0.2, 0) is 7.05 Å². The summed E-state index contributed by atoms with van der Waals surface area (Å²) in [5, 5.41) is 18.1. The number of carbonyl (C=O) groups is 1. The van der Waals surface area contributed by atoms with E-state index in [0.29, 0.717) is 16.4 Å². The fourth-order valence-corrected chi connectivity index (χ4v) is 2.03. The number of rotatable bonds is 3. The summed E-state index contributed by atoms with van der Waals surface area (Å²) in [6.07, 6.45) is 2.48. The number of nitrogens with one attached hydrogen (secondary N) is 1. The molecular formula is C10H12N4O2S. The van der Waals surface area contributed by atoms with Crippen molar-refractivity contribution < 1.29 is 9.90 Å². The standard InChI is InChI=1S/C10H12N4O2S/c1-6(15)8-5-17-10(12-8)13-9(16)7-3-11-14(2)4-7/h3-6,15H,1-2H3,(H,12,13,16). The average molecular weight is 252 g/mol. The highest BCUT2D eigenvalue weighted by molar-refractivity contribution is 7.14. The Morgan fingerprint density at radius 3 is 2.94 bits per heavy atom. The lowest BCUT2D eigenvalue weighted by Crippen LogP contribution is -2.11. The number of aromatic nitrogens is 3. The number of amides is 1. The van der Waals surface area contributed by atoms with Crippen LogP contribution in [0.15, 0.2) is 17.8 Å². The van der Waals surface area contributed by atoms with Crippen LogP contribution in [0.3, 0.4) is 0 Å². The first kappa shape index (κ1) is 11.7. The van der Waals surface area contributed by atoms with Gasteiger partial charge in [-0.1, -0.05) is 0 Å². The predicted octanol–water partition coefficient (Wildman–Crippen LogP) is 1.18. The first-order valence-electron chi connectivity index (χ1n) is 5.00. The Kier molecular flexibility index (Phi) is 3.21. The van der Waals surface area contributed by atoms with Crippen LogP contribution >= 0.6 is 11.3 Å². The molecule has 2 aromatic heterocycles. The summed E-state index contributed by atoms with van der Waals surface area (Å²) in [7, 11) is 1.74. The number of aliphatic hydroxyl groups is 1. The molecule has 0 aromatic carbocycles. The summed E-state index contributed by atoms with van der Waals surface area (Å²) >= 11 is 1.28. The van der Waals surface area contributed by atoms with Crippen LogP contribution in [-0.4, -0.2) is 25.8 Å². The second-order valence-corrected chi connectivity index (χ2v) is 4.47. The number of thiazole rings is 1. The van der Waals surface area contributed by atoms with E-state index in [2.05, 4.69) is 15.4 Å². The van der Waals surface area contributed by atoms with Gasteiger partial charge in [-0.2, -0.15) is 5.10 Å². The molecular weight excluding hydrogens is 240 g/mol. The van der Waals surface area contributed by atoms with Crippen molar-refractivity contribution in [2.24, 2.45) is 7.05 Å². The molecule has 7 heteroatoms. The molecule has 2 rings (SSSR count). The van der Waals surface area contributed by atoms with E-state index in [9.17, 15) is 9.90 Å². The molecule has 0 bridgehead atoms. The molecule has 1 atom stereocenters. The van der Waals surface area contributed by atoms with Crippen LogP contribution in [0, 0.1) is 0 Å². The average Bonchev–Trinajstić information content (AvgIpc) is 2.86. The zero-order chi connectivity index (χ0) is 12.4. The van der Waals surface area contributed by atoms with Gasteiger partial charge in [-0.25, -0.2) is 4.98 Å². The molecule has 0 radical (unpaired) electrons. The SMILES string of the molecule is CC(O)c1csc(NC(=O)c2cnn(C)c2)n1. The molecule has 2 heterocycles. The smallest absolute Gasteiger partial charge is 0.260 e. The maximum Gasteiger partial charge on any atom is 0.260 e. The van der Waals surface area contributed by atoms with Gasteiger partial charge in [0, 0.05) is 18.6 Å². The normalized spacial score (nSPS) is 12.4. The van der Waals surface area contributed by atoms with E-state index in [-0.39, 0.29) is 5.91 Å². The third-order valence-corrected chi connectivity index (χ3v) is 2.91. The van der Waals surface area contributed by atoms with Crippen LogP contribution in [0.4, 0.5) is 5.13 Å². The van der Waals surface area contributed by atoms with Crippen molar-refractivity contribution in [3.8, 4) is 0 Å². The lowest BCUT2D eigenvalue weighted by atomic mass is 10.3. The third kappa shape index (κ3) is 2.69. The number of hydrogen-bond donors (Lipinski definition) is 2. The van der Waals surface area contributed by atoms with Crippen molar-refractivity contribution >= 4 is 22.4 Å². The second-order valence-electron chi connectivity index (χ2n) is 3.61. The van der Waals surface area contributed by atoms with E-state index in [4.69, 9.17) is 0 Å². The molecule has 6 nitrogen and oxygen atoms in total.